The molecule has 1 fully saturated rings. The van der Waals surface area contributed by atoms with Gasteiger partial charge >= 0.3 is 0 Å². The fourth-order valence-corrected chi connectivity index (χ4v) is 1.43. The van der Waals surface area contributed by atoms with Gasteiger partial charge in [-0.2, -0.15) is 0 Å². The van der Waals surface area contributed by atoms with Crippen LogP contribution in [0.3, 0.4) is 0 Å². The van der Waals surface area contributed by atoms with Crippen molar-refractivity contribution in [1.29, 1.82) is 0 Å². The van der Waals surface area contributed by atoms with Crippen LogP contribution in [0, 0.1) is 0 Å². The van der Waals surface area contributed by atoms with Crippen LogP contribution in [0.1, 0.15) is 12.0 Å². The summed E-state index contributed by atoms with van der Waals surface area (Å²) < 4.78 is 10.9. The molecule has 2 nitrogen and oxygen atoms in total. The van der Waals surface area contributed by atoms with Gasteiger partial charge < -0.3 is 9.47 Å². The maximum atomic E-state index is 5.66. The maximum Gasteiger partial charge on any atom is 0.0834 e. The molecule has 0 saturated carbocycles. The van der Waals surface area contributed by atoms with E-state index in [1.54, 1.807) is 0 Å². The predicted molar refractivity (Wildman–Crippen MR) is 50.5 cm³/mol. The Morgan fingerprint density at radius 3 is 2.85 bits per heavy atom. The quantitative estimate of drug-likeness (QED) is 0.704. The molecule has 1 atom stereocenters. The Morgan fingerprint density at radius 1 is 1.31 bits per heavy atom. The second kappa shape index (κ2) is 4.40. The van der Waals surface area contributed by atoms with E-state index in [9.17, 15) is 0 Å². The zero-order chi connectivity index (χ0) is 8.93. The third-order valence-electron chi connectivity index (χ3n) is 2.22. The monoisotopic (exact) mass is 178 g/mol. The Kier molecular flexibility index (Phi) is 2.95. The summed E-state index contributed by atoms with van der Waals surface area (Å²) in [5.74, 6) is 0. The summed E-state index contributed by atoms with van der Waals surface area (Å²) in [4.78, 5) is 0. The van der Waals surface area contributed by atoms with Crippen LogP contribution in [0.4, 0.5) is 0 Å². The number of rotatable bonds is 3. The SMILES string of the molecule is c1ccc(CO[C@H]2CCOC2)cc1. The van der Waals surface area contributed by atoms with E-state index < -0.39 is 0 Å². The first kappa shape index (κ1) is 8.73. The van der Waals surface area contributed by atoms with Gasteiger partial charge in [0.1, 0.15) is 0 Å². The van der Waals surface area contributed by atoms with Gasteiger partial charge in [0.2, 0.25) is 0 Å². The lowest BCUT2D eigenvalue weighted by Crippen LogP contribution is -2.11. The van der Waals surface area contributed by atoms with Crippen molar-refractivity contribution in [2.45, 2.75) is 19.1 Å². The topological polar surface area (TPSA) is 18.5 Å². The standard InChI is InChI=1S/C11H14O2/c1-2-4-10(5-3-1)8-13-11-6-7-12-9-11/h1-5,11H,6-9H2/t11-/m0/s1. The minimum absolute atomic E-state index is 0.306. The number of hydrogen-bond donors (Lipinski definition) is 0. The van der Waals surface area contributed by atoms with E-state index >= 15 is 0 Å². The van der Waals surface area contributed by atoms with Crippen molar-refractivity contribution in [2.24, 2.45) is 0 Å². The van der Waals surface area contributed by atoms with Gasteiger partial charge in [0.15, 0.2) is 0 Å². The minimum Gasteiger partial charge on any atom is -0.379 e. The van der Waals surface area contributed by atoms with Crippen molar-refractivity contribution < 1.29 is 9.47 Å². The first-order valence-corrected chi connectivity index (χ1v) is 4.68. The van der Waals surface area contributed by atoms with Gasteiger partial charge in [-0.3, -0.25) is 0 Å². The number of hydrogen-bond acceptors (Lipinski definition) is 2. The van der Waals surface area contributed by atoms with Gasteiger partial charge in [0, 0.05) is 6.61 Å². The molecule has 0 bridgehead atoms. The molecule has 2 rings (SSSR count). The molecule has 1 aliphatic heterocycles. The van der Waals surface area contributed by atoms with E-state index in [-0.39, 0.29) is 0 Å². The normalized spacial score (nSPS) is 22.0. The summed E-state index contributed by atoms with van der Waals surface area (Å²) in [6.45, 7) is 2.31. The van der Waals surface area contributed by atoms with Crippen LogP contribution in [0.15, 0.2) is 30.3 Å². The first-order chi connectivity index (χ1) is 6.45. The molecule has 1 aliphatic rings. The van der Waals surface area contributed by atoms with Crippen molar-refractivity contribution in [3.05, 3.63) is 35.9 Å². The molecule has 0 unspecified atom stereocenters. The molecule has 0 amide bonds. The zero-order valence-electron chi connectivity index (χ0n) is 7.61. The highest BCUT2D eigenvalue weighted by molar-refractivity contribution is 5.13. The molecule has 2 heteroatoms. The van der Waals surface area contributed by atoms with E-state index in [0.29, 0.717) is 12.7 Å². The molecule has 0 aromatic heterocycles. The van der Waals surface area contributed by atoms with Crippen LogP contribution in [-0.2, 0) is 16.1 Å². The summed E-state index contributed by atoms with van der Waals surface area (Å²) in [7, 11) is 0. The lowest BCUT2D eigenvalue weighted by Gasteiger charge is -2.09. The molecule has 1 aromatic carbocycles. The summed E-state index contributed by atoms with van der Waals surface area (Å²) in [6, 6.07) is 10.2. The van der Waals surface area contributed by atoms with Crippen LogP contribution >= 0.6 is 0 Å². The average molecular weight is 178 g/mol. The third kappa shape index (κ3) is 2.54. The molecule has 1 saturated heterocycles. The zero-order valence-corrected chi connectivity index (χ0v) is 7.61. The summed E-state index contributed by atoms with van der Waals surface area (Å²) >= 11 is 0. The average Bonchev–Trinajstić information content (AvgIpc) is 2.69. The molecule has 70 valence electrons. The molecule has 0 aliphatic carbocycles. The van der Waals surface area contributed by atoms with E-state index in [4.69, 9.17) is 9.47 Å². The van der Waals surface area contributed by atoms with Crippen molar-refractivity contribution in [3.63, 3.8) is 0 Å². The van der Waals surface area contributed by atoms with Gasteiger partial charge in [0.05, 0.1) is 19.3 Å². The molecule has 0 spiro atoms. The van der Waals surface area contributed by atoms with Gasteiger partial charge in [-0.05, 0) is 12.0 Å². The largest absolute Gasteiger partial charge is 0.379 e. The Morgan fingerprint density at radius 2 is 2.15 bits per heavy atom. The summed E-state index contributed by atoms with van der Waals surface area (Å²) in [6.07, 6.45) is 1.34. The smallest absolute Gasteiger partial charge is 0.0834 e. The summed E-state index contributed by atoms with van der Waals surface area (Å²) in [5.41, 5.74) is 1.23. The number of benzene rings is 1. The van der Waals surface area contributed by atoms with E-state index in [1.165, 1.54) is 5.56 Å². The van der Waals surface area contributed by atoms with E-state index in [0.717, 1.165) is 19.6 Å². The van der Waals surface area contributed by atoms with Crippen LogP contribution in [0.25, 0.3) is 0 Å². The molecule has 0 N–H and O–H groups in total. The number of ether oxygens (including phenoxy) is 2. The van der Waals surface area contributed by atoms with Crippen LogP contribution < -0.4 is 0 Å². The van der Waals surface area contributed by atoms with Crippen molar-refractivity contribution in [2.75, 3.05) is 13.2 Å². The fourth-order valence-electron chi connectivity index (χ4n) is 1.43. The second-order valence-electron chi connectivity index (χ2n) is 3.28. The molecular formula is C11H14O2. The van der Waals surface area contributed by atoms with E-state index in [1.807, 2.05) is 18.2 Å². The first-order valence-electron chi connectivity index (χ1n) is 4.68. The minimum atomic E-state index is 0.306. The highest BCUT2D eigenvalue weighted by Gasteiger charge is 2.15. The lowest BCUT2D eigenvalue weighted by atomic mass is 10.2. The highest BCUT2D eigenvalue weighted by atomic mass is 16.5. The third-order valence-corrected chi connectivity index (χ3v) is 2.22. The van der Waals surface area contributed by atoms with Crippen LogP contribution in [0.5, 0.6) is 0 Å². The Labute approximate surface area is 78.5 Å². The molecule has 1 aromatic rings. The molecule has 0 radical (unpaired) electrons. The highest BCUT2D eigenvalue weighted by Crippen LogP contribution is 2.11. The molecule has 13 heavy (non-hydrogen) atoms. The lowest BCUT2D eigenvalue weighted by molar-refractivity contribution is 0.0317. The van der Waals surface area contributed by atoms with Gasteiger partial charge in [-0.25, -0.2) is 0 Å². The van der Waals surface area contributed by atoms with Gasteiger partial charge in [0.25, 0.3) is 0 Å². The molecular weight excluding hydrogens is 164 g/mol. The Bertz CT molecular complexity index is 240. The second-order valence-corrected chi connectivity index (χ2v) is 3.28. The van der Waals surface area contributed by atoms with Crippen molar-refractivity contribution >= 4 is 0 Å². The van der Waals surface area contributed by atoms with Crippen LogP contribution in [-0.4, -0.2) is 19.3 Å². The van der Waals surface area contributed by atoms with Gasteiger partial charge in [-0.15, -0.1) is 0 Å². The maximum absolute atomic E-state index is 5.66. The Balaban J connectivity index is 1.79. The Hall–Kier alpha value is -0.860. The summed E-state index contributed by atoms with van der Waals surface area (Å²) in [5, 5.41) is 0. The van der Waals surface area contributed by atoms with Crippen LogP contribution in [0.2, 0.25) is 0 Å². The van der Waals surface area contributed by atoms with Crippen molar-refractivity contribution in [1.82, 2.24) is 0 Å². The van der Waals surface area contributed by atoms with Crippen molar-refractivity contribution in [3.8, 4) is 0 Å². The predicted octanol–water partition coefficient (Wildman–Crippen LogP) is 1.99. The van der Waals surface area contributed by atoms with Gasteiger partial charge in [-0.1, -0.05) is 30.3 Å². The fraction of sp³-hybridized carbons (Fsp3) is 0.455. The van der Waals surface area contributed by atoms with E-state index in [2.05, 4.69) is 12.1 Å². The molecule has 1 heterocycles.